The minimum atomic E-state index is -0.100. The molecule has 1 saturated carbocycles. The Morgan fingerprint density at radius 1 is 1.19 bits per heavy atom. The van der Waals surface area contributed by atoms with Crippen LogP contribution in [-0.2, 0) is 6.54 Å². The third-order valence-corrected chi connectivity index (χ3v) is 5.92. The number of anilines is 1. The van der Waals surface area contributed by atoms with Crippen molar-refractivity contribution in [3.63, 3.8) is 0 Å². The Kier molecular flexibility index (Phi) is 6.55. The predicted octanol–water partition coefficient (Wildman–Crippen LogP) is 4.14. The van der Waals surface area contributed by atoms with Gasteiger partial charge in [0.05, 0.1) is 19.9 Å². The van der Waals surface area contributed by atoms with E-state index in [1.165, 1.54) is 43.4 Å². The van der Waals surface area contributed by atoms with Crippen molar-refractivity contribution in [2.45, 2.75) is 51.6 Å². The minimum Gasteiger partial charge on any atom is -0.493 e. The summed E-state index contributed by atoms with van der Waals surface area (Å²) in [4.78, 5) is 17.8. The number of hydrogen-bond donors (Lipinski definition) is 2. The molecule has 3 rings (SSSR count). The maximum atomic E-state index is 12.6. The van der Waals surface area contributed by atoms with E-state index < -0.39 is 0 Å². The number of methoxy groups -OCH3 is 2. The smallest absolute Gasteiger partial charge is 0.263 e. The van der Waals surface area contributed by atoms with Crippen molar-refractivity contribution in [1.82, 2.24) is 10.3 Å². The van der Waals surface area contributed by atoms with E-state index in [1.54, 1.807) is 14.2 Å². The molecule has 1 aromatic carbocycles. The highest BCUT2D eigenvalue weighted by Crippen LogP contribution is 2.28. The fourth-order valence-corrected chi connectivity index (χ4v) is 4.30. The number of nitrogens with zero attached hydrogens (tertiary/aromatic N) is 1. The van der Waals surface area contributed by atoms with Crippen LogP contribution in [0.2, 0.25) is 0 Å². The summed E-state index contributed by atoms with van der Waals surface area (Å²) in [5.74, 6) is 1.22. The van der Waals surface area contributed by atoms with E-state index in [0.29, 0.717) is 29.0 Å². The Morgan fingerprint density at radius 2 is 1.93 bits per heavy atom. The van der Waals surface area contributed by atoms with Gasteiger partial charge in [-0.15, -0.1) is 0 Å². The number of carbonyl (C=O) groups excluding carboxylic acids is 1. The SMILES string of the molecule is COc1ccc(CNC(=O)c2sc(NC3CCCCC3)nc2C)cc1OC. The Morgan fingerprint density at radius 3 is 2.63 bits per heavy atom. The number of amides is 1. The minimum absolute atomic E-state index is 0.100. The lowest BCUT2D eigenvalue weighted by molar-refractivity contribution is 0.0954. The summed E-state index contributed by atoms with van der Waals surface area (Å²) in [5, 5.41) is 7.31. The molecule has 0 atom stereocenters. The van der Waals surface area contributed by atoms with Crippen molar-refractivity contribution in [1.29, 1.82) is 0 Å². The first kappa shape index (κ1) is 19.5. The molecular weight excluding hydrogens is 362 g/mol. The molecule has 1 aliphatic carbocycles. The highest BCUT2D eigenvalue weighted by Gasteiger charge is 2.19. The van der Waals surface area contributed by atoms with Crippen molar-refractivity contribution in [2.75, 3.05) is 19.5 Å². The van der Waals surface area contributed by atoms with Crippen LogP contribution < -0.4 is 20.1 Å². The average Bonchev–Trinajstić information content (AvgIpc) is 3.06. The molecule has 0 saturated heterocycles. The molecule has 7 heteroatoms. The van der Waals surface area contributed by atoms with Crippen LogP contribution in [0.1, 0.15) is 53.0 Å². The largest absolute Gasteiger partial charge is 0.493 e. The predicted molar refractivity (Wildman–Crippen MR) is 108 cm³/mol. The summed E-state index contributed by atoms with van der Waals surface area (Å²) >= 11 is 1.43. The summed E-state index contributed by atoms with van der Waals surface area (Å²) in [5.41, 5.74) is 1.71. The monoisotopic (exact) mass is 389 g/mol. The molecule has 0 unspecified atom stereocenters. The summed E-state index contributed by atoms with van der Waals surface area (Å²) in [7, 11) is 3.20. The molecule has 146 valence electrons. The highest BCUT2D eigenvalue weighted by molar-refractivity contribution is 7.17. The molecule has 0 radical (unpaired) electrons. The Balaban J connectivity index is 1.61. The standard InChI is InChI=1S/C20H27N3O3S/c1-13-18(27-20(22-13)23-15-7-5-4-6-8-15)19(24)21-12-14-9-10-16(25-2)17(11-14)26-3/h9-11,15H,4-8,12H2,1-3H3,(H,21,24)(H,22,23). The van der Waals surface area contributed by atoms with Crippen LogP contribution in [0.3, 0.4) is 0 Å². The molecular formula is C20H27N3O3S. The van der Waals surface area contributed by atoms with E-state index in [0.717, 1.165) is 16.4 Å². The number of aryl methyl sites for hydroxylation is 1. The molecule has 6 nitrogen and oxygen atoms in total. The van der Waals surface area contributed by atoms with Gasteiger partial charge in [0.1, 0.15) is 4.88 Å². The first-order valence-electron chi connectivity index (χ1n) is 9.33. The lowest BCUT2D eigenvalue weighted by atomic mass is 9.96. The second-order valence-electron chi connectivity index (χ2n) is 6.78. The maximum Gasteiger partial charge on any atom is 0.263 e. The summed E-state index contributed by atoms with van der Waals surface area (Å²) < 4.78 is 10.6. The van der Waals surface area contributed by atoms with Gasteiger partial charge < -0.3 is 20.1 Å². The van der Waals surface area contributed by atoms with E-state index in [2.05, 4.69) is 15.6 Å². The van der Waals surface area contributed by atoms with Crippen molar-refractivity contribution in [3.05, 3.63) is 34.3 Å². The second kappa shape index (κ2) is 9.08. The fourth-order valence-electron chi connectivity index (χ4n) is 3.34. The number of carbonyl (C=O) groups is 1. The third kappa shape index (κ3) is 4.91. The zero-order chi connectivity index (χ0) is 19.2. The number of aromatic nitrogens is 1. The molecule has 2 aromatic rings. The van der Waals surface area contributed by atoms with Crippen molar-refractivity contribution in [2.24, 2.45) is 0 Å². The topological polar surface area (TPSA) is 72.5 Å². The van der Waals surface area contributed by atoms with Crippen molar-refractivity contribution < 1.29 is 14.3 Å². The van der Waals surface area contributed by atoms with Crippen LogP contribution in [0.15, 0.2) is 18.2 Å². The van der Waals surface area contributed by atoms with Gasteiger partial charge in [0.15, 0.2) is 16.6 Å². The van der Waals surface area contributed by atoms with Gasteiger partial charge in [0.25, 0.3) is 5.91 Å². The second-order valence-corrected chi connectivity index (χ2v) is 7.78. The number of thiazole rings is 1. The van der Waals surface area contributed by atoms with Crippen LogP contribution in [-0.4, -0.2) is 31.2 Å². The molecule has 2 N–H and O–H groups in total. The van der Waals surface area contributed by atoms with Gasteiger partial charge in [0, 0.05) is 12.6 Å². The zero-order valence-electron chi connectivity index (χ0n) is 16.1. The normalized spacial score (nSPS) is 14.6. The highest BCUT2D eigenvalue weighted by atomic mass is 32.1. The van der Waals surface area contributed by atoms with Crippen LogP contribution in [0.4, 0.5) is 5.13 Å². The van der Waals surface area contributed by atoms with Crippen molar-refractivity contribution >= 4 is 22.4 Å². The molecule has 1 heterocycles. The van der Waals surface area contributed by atoms with Gasteiger partial charge >= 0.3 is 0 Å². The van der Waals surface area contributed by atoms with E-state index >= 15 is 0 Å². The molecule has 1 amide bonds. The van der Waals surface area contributed by atoms with Gasteiger partial charge in [-0.2, -0.15) is 0 Å². The number of rotatable bonds is 7. The maximum absolute atomic E-state index is 12.6. The number of hydrogen-bond acceptors (Lipinski definition) is 6. The number of benzene rings is 1. The zero-order valence-corrected chi connectivity index (χ0v) is 16.9. The van der Waals surface area contributed by atoms with Gasteiger partial charge in [-0.25, -0.2) is 4.98 Å². The van der Waals surface area contributed by atoms with Crippen LogP contribution in [0, 0.1) is 6.92 Å². The first-order chi connectivity index (χ1) is 13.1. The molecule has 1 fully saturated rings. The van der Waals surface area contributed by atoms with Crippen LogP contribution >= 0.6 is 11.3 Å². The van der Waals surface area contributed by atoms with Crippen LogP contribution in [0.25, 0.3) is 0 Å². The quantitative estimate of drug-likeness (QED) is 0.744. The third-order valence-electron chi connectivity index (χ3n) is 4.84. The van der Waals surface area contributed by atoms with E-state index in [9.17, 15) is 4.79 Å². The Hall–Kier alpha value is -2.28. The number of nitrogens with one attached hydrogen (secondary N) is 2. The molecule has 1 aliphatic rings. The lowest BCUT2D eigenvalue weighted by Crippen LogP contribution is -2.22. The fraction of sp³-hybridized carbons (Fsp3) is 0.500. The van der Waals surface area contributed by atoms with Gasteiger partial charge in [0.2, 0.25) is 0 Å². The summed E-state index contributed by atoms with van der Waals surface area (Å²) in [6.07, 6.45) is 6.21. The first-order valence-corrected chi connectivity index (χ1v) is 10.2. The van der Waals surface area contributed by atoms with Gasteiger partial charge in [-0.05, 0) is 37.5 Å². The molecule has 1 aromatic heterocycles. The number of ether oxygens (including phenoxy) is 2. The van der Waals surface area contributed by atoms with Gasteiger partial charge in [-0.3, -0.25) is 4.79 Å². The molecule has 0 bridgehead atoms. The lowest BCUT2D eigenvalue weighted by Gasteiger charge is -2.22. The van der Waals surface area contributed by atoms with Gasteiger partial charge in [-0.1, -0.05) is 36.7 Å². The van der Waals surface area contributed by atoms with Crippen molar-refractivity contribution in [3.8, 4) is 11.5 Å². The molecule has 0 aliphatic heterocycles. The molecule has 27 heavy (non-hydrogen) atoms. The van der Waals surface area contributed by atoms with E-state index in [4.69, 9.17) is 9.47 Å². The average molecular weight is 390 g/mol. The van der Waals surface area contributed by atoms with Crippen LogP contribution in [0.5, 0.6) is 11.5 Å². The van der Waals surface area contributed by atoms with E-state index in [-0.39, 0.29) is 5.91 Å². The molecule has 0 spiro atoms. The summed E-state index contributed by atoms with van der Waals surface area (Å²) in [6.45, 7) is 2.30. The summed E-state index contributed by atoms with van der Waals surface area (Å²) in [6, 6.07) is 6.10. The Labute approximate surface area is 164 Å². The Bertz CT molecular complexity index is 785. The van der Waals surface area contributed by atoms with E-state index in [1.807, 2.05) is 25.1 Å².